The van der Waals surface area contributed by atoms with Crippen molar-refractivity contribution in [2.45, 2.75) is 32.6 Å². The summed E-state index contributed by atoms with van der Waals surface area (Å²) in [5.41, 5.74) is 2.75. The van der Waals surface area contributed by atoms with Crippen LogP contribution < -0.4 is 11.3 Å². The summed E-state index contributed by atoms with van der Waals surface area (Å²) in [5, 5.41) is 0. The Balaban J connectivity index is 2.13. The van der Waals surface area contributed by atoms with Crippen LogP contribution >= 0.6 is 0 Å². The summed E-state index contributed by atoms with van der Waals surface area (Å²) in [6.07, 6.45) is 5.52. The topological polar surface area (TPSA) is 38.0 Å². The highest BCUT2D eigenvalue weighted by Crippen LogP contribution is 2.27. The van der Waals surface area contributed by atoms with Crippen LogP contribution in [0.2, 0.25) is 0 Å². The van der Waals surface area contributed by atoms with Crippen LogP contribution in [-0.4, -0.2) is 6.54 Å². The first-order valence-electron chi connectivity index (χ1n) is 4.26. The van der Waals surface area contributed by atoms with E-state index in [4.69, 9.17) is 5.84 Å². The lowest BCUT2D eigenvalue weighted by Gasteiger charge is -2.25. The van der Waals surface area contributed by atoms with E-state index in [-0.39, 0.29) is 0 Å². The molecule has 0 spiro atoms. The van der Waals surface area contributed by atoms with Gasteiger partial charge in [0.2, 0.25) is 0 Å². The Hall–Kier alpha value is -0.0800. The van der Waals surface area contributed by atoms with Gasteiger partial charge in [0.25, 0.3) is 0 Å². The second-order valence-corrected chi connectivity index (χ2v) is 3.53. The van der Waals surface area contributed by atoms with Crippen LogP contribution in [0.3, 0.4) is 0 Å². The normalized spacial score (nSPS) is 34.2. The van der Waals surface area contributed by atoms with E-state index >= 15 is 0 Å². The summed E-state index contributed by atoms with van der Waals surface area (Å²) < 4.78 is 0. The average molecular weight is 142 g/mol. The Morgan fingerprint density at radius 1 is 1.30 bits per heavy atom. The van der Waals surface area contributed by atoms with E-state index in [9.17, 15) is 0 Å². The fourth-order valence-corrected chi connectivity index (χ4v) is 1.70. The molecule has 0 aliphatic heterocycles. The van der Waals surface area contributed by atoms with Crippen molar-refractivity contribution in [3.05, 3.63) is 0 Å². The lowest BCUT2D eigenvalue weighted by Crippen LogP contribution is -2.30. The van der Waals surface area contributed by atoms with Gasteiger partial charge in [0.05, 0.1) is 0 Å². The quantitative estimate of drug-likeness (QED) is 0.450. The molecule has 1 rings (SSSR count). The SMILES string of the molecule is CC1CCC(CNN)CC1. The first kappa shape index (κ1) is 8.02. The molecule has 0 saturated heterocycles. The molecule has 2 nitrogen and oxygen atoms in total. The number of hydrogen-bond acceptors (Lipinski definition) is 2. The molecule has 0 aromatic carbocycles. The van der Waals surface area contributed by atoms with Gasteiger partial charge in [0.15, 0.2) is 0 Å². The van der Waals surface area contributed by atoms with Crippen molar-refractivity contribution in [3.63, 3.8) is 0 Å². The van der Waals surface area contributed by atoms with Gasteiger partial charge in [-0.1, -0.05) is 19.8 Å². The van der Waals surface area contributed by atoms with Crippen LogP contribution in [0.1, 0.15) is 32.6 Å². The molecule has 0 aromatic heterocycles. The number of hydrazine groups is 1. The maximum atomic E-state index is 5.24. The molecule has 1 saturated carbocycles. The molecule has 1 aliphatic carbocycles. The summed E-state index contributed by atoms with van der Waals surface area (Å²) in [7, 11) is 0. The minimum Gasteiger partial charge on any atom is -0.271 e. The highest BCUT2D eigenvalue weighted by atomic mass is 15.2. The van der Waals surface area contributed by atoms with E-state index in [0.29, 0.717) is 0 Å². The Morgan fingerprint density at radius 2 is 1.90 bits per heavy atom. The van der Waals surface area contributed by atoms with Gasteiger partial charge in [-0.05, 0) is 24.7 Å². The first-order valence-corrected chi connectivity index (χ1v) is 4.26. The molecule has 1 aliphatic rings. The van der Waals surface area contributed by atoms with Crippen LogP contribution in [0.25, 0.3) is 0 Å². The lowest BCUT2D eigenvalue weighted by atomic mass is 9.83. The summed E-state index contributed by atoms with van der Waals surface area (Å²) in [6, 6.07) is 0. The zero-order chi connectivity index (χ0) is 7.40. The minimum atomic E-state index is 0.848. The van der Waals surface area contributed by atoms with Gasteiger partial charge in [-0.3, -0.25) is 11.3 Å². The van der Waals surface area contributed by atoms with Gasteiger partial charge in [-0.15, -0.1) is 0 Å². The second kappa shape index (κ2) is 3.94. The van der Waals surface area contributed by atoms with E-state index in [1.54, 1.807) is 0 Å². The van der Waals surface area contributed by atoms with E-state index < -0.39 is 0 Å². The number of nitrogens with one attached hydrogen (secondary N) is 1. The molecule has 60 valence electrons. The third-order valence-corrected chi connectivity index (χ3v) is 2.54. The molecule has 1 fully saturated rings. The minimum absolute atomic E-state index is 0.848. The Bertz CT molecular complexity index is 85.3. The number of nitrogens with two attached hydrogens (primary N) is 1. The molecule has 10 heavy (non-hydrogen) atoms. The highest BCUT2D eigenvalue weighted by Gasteiger charge is 2.16. The van der Waals surface area contributed by atoms with E-state index in [2.05, 4.69) is 12.3 Å². The van der Waals surface area contributed by atoms with Crippen LogP contribution in [0.15, 0.2) is 0 Å². The van der Waals surface area contributed by atoms with Crippen molar-refractivity contribution >= 4 is 0 Å². The van der Waals surface area contributed by atoms with Gasteiger partial charge < -0.3 is 0 Å². The molecular weight excluding hydrogens is 124 g/mol. The van der Waals surface area contributed by atoms with E-state index in [1.165, 1.54) is 25.7 Å². The zero-order valence-electron chi connectivity index (χ0n) is 6.77. The molecule has 0 aromatic rings. The van der Waals surface area contributed by atoms with Crippen molar-refractivity contribution in [2.24, 2.45) is 17.7 Å². The summed E-state index contributed by atoms with van der Waals surface area (Å²) in [5.74, 6) is 7.05. The first-order chi connectivity index (χ1) is 4.83. The number of rotatable bonds is 2. The lowest BCUT2D eigenvalue weighted by molar-refractivity contribution is 0.283. The van der Waals surface area contributed by atoms with Crippen LogP contribution in [0.4, 0.5) is 0 Å². The molecule has 0 bridgehead atoms. The molecule has 0 radical (unpaired) electrons. The predicted molar refractivity (Wildman–Crippen MR) is 43.3 cm³/mol. The van der Waals surface area contributed by atoms with Crippen molar-refractivity contribution in [1.82, 2.24) is 5.43 Å². The van der Waals surface area contributed by atoms with Crippen LogP contribution in [0.5, 0.6) is 0 Å². The van der Waals surface area contributed by atoms with Crippen molar-refractivity contribution in [2.75, 3.05) is 6.54 Å². The monoisotopic (exact) mass is 142 g/mol. The Labute approximate surface area is 63.1 Å². The third kappa shape index (κ3) is 2.27. The Morgan fingerprint density at radius 3 is 2.40 bits per heavy atom. The fraction of sp³-hybridized carbons (Fsp3) is 1.00. The van der Waals surface area contributed by atoms with Gasteiger partial charge in [-0.2, -0.15) is 0 Å². The molecule has 0 amide bonds. The summed E-state index contributed by atoms with van der Waals surface area (Å²) >= 11 is 0. The molecular formula is C8H18N2. The summed E-state index contributed by atoms with van der Waals surface area (Å²) in [6.45, 7) is 3.35. The molecule has 0 atom stereocenters. The van der Waals surface area contributed by atoms with Gasteiger partial charge in [0, 0.05) is 6.54 Å². The highest BCUT2D eigenvalue weighted by molar-refractivity contribution is 4.70. The number of hydrogen-bond donors (Lipinski definition) is 2. The van der Waals surface area contributed by atoms with Gasteiger partial charge in [-0.25, -0.2) is 0 Å². The molecule has 3 N–H and O–H groups in total. The molecule has 0 unspecified atom stereocenters. The second-order valence-electron chi connectivity index (χ2n) is 3.53. The fourth-order valence-electron chi connectivity index (χ4n) is 1.70. The van der Waals surface area contributed by atoms with E-state index in [0.717, 1.165) is 18.4 Å². The van der Waals surface area contributed by atoms with Crippen molar-refractivity contribution < 1.29 is 0 Å². The van der Waals surface area contributed by atoms with E-state index in [1.807, 2.05) is 0 Å². The Kier molecular flexibility index (Phi) is 3.16. The maximum Gasteiger partial charge on any atom is 0.0126 e. The maximum absolute atomic E-state index is 5.24. The van der Waals surface area contributed by atoms with Crippen LogP contribution in [0, 0.1) is 11.8 Å². The smallest absolute Gasteiger partial charge is 0.0126 e. The standard InChI is InChI=1S/C8H18N2/c1-7-2-4-8(5-3-7)6-10-9/h7-8,10H,2-6,9H2,1H3. The largest absolute Gasteiger partial charge is 0.271 e. The van der Waals surface area contributed by atoms with Crippen molar-refractivity contribution in [1.29, 1.82) is 0 Å². The zero-order valence-corrected chi connectivity index (χ0v) is 6.77. The molecule has 2 heteroatoms. The van der Waals surface area contributed by atoms with Gasteiger partial charge >= 0.3 is 0 Å². The van der Waals surface area contributed by atoms with Crippen LogP contribution in [-0.2, 0) is 0 Å². The summed E-state index contributed by atoms with van der Waals surface area (Å²) in [4.78, 5) is 0. The predicted octanol–water partition coefficient (Wildman–Crippen LogP) is 1.28. The van der Waals surface area contributed by atoms with Gasteiger partial charge in [0.1, 0.15) is 0 Å². The molecule has 0 heterocycles. The third-order valence-electron chi connectivity index (χ3n) is 2.54. The van der Waals surface area contributed by atoms with Crippen molar-refractivity contribution in [3.8, 4) is 0 Å². The average Bonchev–Trinajstić information content (AvgIpc) is 1.95.